The van der Waals surface area contributed by atoms with Crippen LogP contribution in [0.3, 0.4) is 0 Å². The quantitative estimate of drug-likeness (QED) is 0.623. The van der Waals surface area contributed by atoms with Crippen LogP contribution >= 0.6 is 0 Å². The standard InChI is InChI=1S/C17H31N3O4/c1-3-20(11-15(21)22)14-9-13(10-14)19-16(23)18-12-17(24-2)7-5-4-6-8-17/h13-14H,3-12H2,1-2H3,(H,21,22)(H2,18,19,23). The molecule has 0 saturated heterocycles. The summed E-state index contributed by atoms with van der Waals surface area (Å²) in [5.74, 6) is -0.802. The SMILES string of the molecule is CCN(CC(=O)O)C1CC(NC(=O)NCC2(OC)CCCCC2)C1. The molecule has 3 N–H and O–H groups in total. The van der Waals surface area contributed by atoms with E-state index in [-0.39, 0.29) is 30.3 Å². The smallest absolute Gasteiger partial charge is 0.317 e. The Hall–Kier alpha value is -1.34. The molecule has 7 heteroatoms. The third-order valence-corrected chi connectivity index (χ3v) is 5.48. The molecule has 2 saturated carbocycles. The Morgan fingerprint density at radius 2 is 1.92 bits per heavy atom. The third kappa shape index (κ3) is 5.08. The zero-order valence-electron chi connectivity index (χ0n) is 14.8. The molecule has 0 atom stereocenters. The van der Waals surface area contributed by atoms with Crippen molar-refractivity contribution in [1.82, 2.24) is 15.5 Å². The molecule has 0 aromatic rings. The average Bonchev–Trinajstić information content (AvgIpc) is 2.54. The summed E-state index contributed by atoms with van der Waals surface area (Å²) in [6.45, 7) is 3.29. The number of aliphatic carboxylic acids is 1. The molecular formula is C17H31N3O4. The van der Waals surface area contributed by atoms with E-state index in [1.807, 2.05) is 11.8 Å². The Bertz CT molecular complexity index is 432. The van der Waals surface area contributed by atoms with Gasteiger partial charge in [0.15, 0.2) is 0 Å². The zero-order valence-corrected chi connectivity index (χ0v) is 14.8. The molecule has 2 fully saturated rings. The van der Waals surface area contributed by atoms with E-state index in [2.05, 4.69) is 10.6 Å². The van der Waals surface area contributed by atoms with E-state index < -0.39 is 5.97 Å². The Labute approximate surface area is 144 Å². The van der Waals surface area contributed by atoms with Crippen LogP contribution in [-0.4, -0.2) is 66.4 Å². The van der Waals surface area contributed by atoms with Crippen LogP contribution in [-0.2, 0) is 9.53 Å². The van der Waals surface area contributed by atoms with Gasteiger partial charge in [-0.2, -0.15) is 0 Å². The number of ether oxygens (including phenoxy) is 1. The normalized spacial score (nSPS) is 25.8. The van der Waals surface area contributed by atoms with E-state index in [0.29, 0.717) is 13.1 Å². The van der Waals surface area contributed by atoms with E-state index in [9.17, 15) is 9.59 Å². The molecule has 2 aliphatic carbocycles. The van der Waals surface area contributed by atoms with E-state index in [0.717, 1.165) is 38.5 Å². The van der Waals surface area contributed by atoms with E-state index in [1.165, 1.54) is 6.42 Å². The van der Waals surface area contributed by atoms with Crippen molar-refractivity contribution in [3.63, 3.8) is 0 Å². The van der Waals surface area contributed by atoms with Gasteiger partial charge in [-0.25, -0.2) is 4.79 Å². The average molecular weight is 341 g/mol. The van der Waals surface area contributed by atoms with Crippen molar-refractivity contribution in [2.45, 2.75) is 69.6 Å². The molecule has 24 heavy (non-hydrogen) atoms. The van der Waals surface area contributed by atoms with Crippen molar-refractivity contribution < 1.29 is 19.4 Å². The van der Waals surface area contributed by atoms with Gasteiger partial charge >= 0.3 is 12.0 Å². The fourth-order valence-electron chi connectivity index (χ4n) is 3.80. The summed E-state index contributed by atoms with van der Waals surface area (Å²) in [6, 6.07) is 0.226. The minimum Gasteiger partial charge on any atom is -0.480 e. The summed E-state index contributed by atoms with van der Waals surface area (Å²) in [5.41, 5.74) is -0.210. The van der Waals surface area contributed by atoms with E-state index in [4.69, 9.17) is 9.84 Å². The predicted molar refractivity (Wildman–Crippen MR) is 91.1 cm³/mol. The van der Waals surface area contributed by atoms with Gasteiger partial charge < -0.3 is 20.5 Å². The minimum atomic E-state index is -0.802. The number of hydrogen-bond donors (Lipinski definition) is 3. The summed E-state index contributed by atoms with van der Waals surface area (Å²) < 4.78 is 5.67. The molecule has 0 unspecified atom stereocenters. The number of carboxylic acid groups (broad SMARTS) is 1. The first-order valence-electron chi connectivity index (χ1n) is 9.03. The lowest BCUT2D eigenvalue weighted by molar-refractivity contribution is -0.139. The van der Waals surface area contributed by atoms with Crippen molar-refractivity contribution in [3.05, 3.63) is 0 Å². The number of carboxylic acids is 1. The highest BCUT2D eigenvalue weighted by Crippen LogP contribution is 2.30. The van der Waals surface area contributed by atoms with Crippen LogP contribution in [0.25, 0.3) is 0 Å². The van der Waals surface area contributed by atoms with Crippen LogP contribution in [0.1, 0.15) is 51.9 Å². The molecule has 0 aromatic heterocycles. The third-order valence-electron chi connectivity index (χ3n) is 5.48. The van der Waals surface area contributed by atoms with Gasteiger partial charge in [0.25, 0.3) is 0 Å². The number of rotatable bonds is 8. The molecular weight excluding hydrogens is 310 g/mol. The molecule has 0 spiro atoms. The Morgan fingerprint density at radius 1 is 1.25 bits per heavy atom. The van der Waals surface area contributed by atoms with Gasteiger partial charge in [0, 0.05) is 25.7 Å². The maximum atomic E-state index is 12.1. The highest BCUT2D eigenvalue weighted by atomic mass is 16.5. The zero-order chi connectivity index (χ0) is 17.6. The highest BCUT2D eigenvalue weighted by Gasteiger charge is 2.36. The highest BCUT2D eigenvalue weighted by molar-refractivity contribution is 5.74. The maximum Gasteiger partial charge on any atom is 0.317 e. The fraction of sp³-hybridized carbons (Fsp3) is 0.882. The Kier molecular flexibility index (Phi) is 6.86. The van der Waals surface area contributed by atoms with Gasteiger partial charge in [0.1, 0.15) is 0 Å². The van der Waals surface area contributed by atoms with E-state index in [1.54, 1.807) is 7.11 Å². The number of amides is 2. The maximum absolute atomic E-state index is 12.1. The van der Waals surface area contributed by atoms with Crippen LogP contribution in [0.15, 0.2) is 0 Å². The first kappa shape index (κ1) is 19.0. The number of methoxy groups -OCH3 is 1. The second-order valence-electron chi connectivity index (χ2n) is 7.05. The van der Waals surface area contributed by atoms with Crippen LogP contribution in [0, 0.1) is 0 Å². The van der Waals surface area contributed by atoms with Crippen LogP contribution in [0.5, 0.6) is 0 Å². The molecule has 0 bridgehead atoms. The van der Waals surface area contributed by atoms with Gasteiger partial charge in [0.2, 0.25) is 0 Å². The van der Waals surface area contributed by atoms with Gasteiger partial charge in [0.05, 0.1) is 12.1 Å². The molecule has 7 nitrogen and oxygen atoms in total. The van der Waals surface area contributed by atoms with Gasteiger partial charge in [-0.15, -0.1) is 0 Å². The number of carbonyl (C=O) groups excluding carboxylic acids is 1. The van der Waals surface area contributed by atoms with E-state index >= 15 is 0 Å². The molecule has 138 valence electrons. The molecule has 2 amide bonds. The summed E-state index contributed by atoms with van der Waals surface area (Å²) >= 11 is 0. The predicted octanol–water partition coefficient (Wildman–Crippen LogP) is 1.57. The fourth-order valence-corrected chi connectivity index (χ4v) is 3.80. The topological polar surface area (TPSA) is 90.9 Å². The Balaban J connectivity index is 1.68. The number of nitrogens with zero attached hydrogens (tertiary/aromatic N) is 1. The molecule has 0 heterocycles. The lowest BCUT2D eigenvalue weighted by Crippen LogP contribution is -2.57. The molecule has 2 rings (SSSR count). The van der Waals surface area contributed by atoms with Crippen molar-refractivity contribution >= 4 is 12.0 Å². The van der Waals surface area contributed by atoms with Crippen LogP contribution in [0.4, 0.5) is 4.79 Å². The van der Waals surface area contributed by atoms with Gasteiger partial charge in [-0.05, 0) is 32.2 Å². The molecule has 0 aromatic carbocycles. The van der Waals surface area contributed by atoms with Crippen molar-refractivity contribution in [1.29, 1.82) is 0 Å². The van der Waals surface area contributed by atoms with Gasteiger partial charge in [-0.3, -0.25) is 9.69 Å². The minimum absolute atomic E-state index is 0.0659. The van der Waals surface area contributed by atoms with Gasteiger partial charge in [-0.1, -0.05) is 26.2 Å². The largest absolute Gasteiger partial charge is 0.480 e. The lowest BCUT2D eigenvalue weighted by Gasteiger charge is -2.42. The second-order valence-corrected chi connectivity index (χ2v) is 7.05. The summed E-state index contributed by atoms with van der Waals surface area (Å²) in [5, 5.41) is 14.8. The summed E-state index contributed by atoms with van der Waals surface area (Å²) in [4.78, 5) is 24.9. The lowest BCUT2D eigenvalue weighted by atomic mass is 9.84. The number of carbonyl (C=O) groups is 2. The number of likely N-dealkylation sites (N-methyl/N-ethyl adjacent to an activating group) is 1. The monoisotopic (exact) mass is 341 g/mol. The molecule has 2 aliphatic rings. The first-order valence-corrected chi connectivity index (χ1v) is 9.03. The number of nitrogens with one attached hydrogen (secondary N) is 2. The Morgan fingerprint density at radius 3 is 2.46 bits per heavy atom. The summed E-state index contributed by atoms with van der Waals surface area (Å²) in [6.07, 6.45) is 7.15. The van der Waals surface area contributed by atoms with Crippen LogP contribution < -0.4 is 10.6 Å². The number of urea groups is 1. The van der Waals surface area contributed by atoms with Crippen molar-refractivity contribution in [2.24, 2.45) is 0 Å². The van der Waals surface area contributed by atoms with Crippen LogP contribution in [0.2, 0.25) is 0 Å². The molecule has 0 aliphatic heterocycles. The number of hydrogen-bond acceptors (Lipinski definition) is 4. The molecule has 0 radical (unpaired) electrons. The second kappa shape index (κ2) is 8.67. The summed E-state index contributed by atoms with van der Waals surface area (Å²) in [7, 11) is 1.73. The van der Waals surface area contributed by atoms with Crippen molar-refractivity contribution in [2.75, 3.05) is 26.7 Å². The van der Waals surface area contributed by atoms with Crippen molar-refractivity contribution in [3.8, 4) is 0 Å². The first-order chi connectivity index (χ1) is 11.5.